The highest BCUT2D eigenvalue weighted by atomic mass is 16.3. The largest absolute Gasteiger partial charge is 0.373 e. The van der Waals surface area contributed by atoms with Crippen molar-refractivity contribution in [3.05, 3.63) is 0 Å². The Kier molecular flexibility index (Phi) is 12.9. The zero-order chi connectivity index (χ0) is 26.5. The third-order valence-corrected chi connectivity index (χ3v) is 5.71. The Labute approximate surface area is 205 Å². The molecule has 0 aromatic rings. The van der Waals surface area contributed by atoms with E-state index in [1.54, 1.807) is 13.8 Å². The second-order valence-corrected chi connectivity index (χ2v) is 9.25. The highest BCUT2D eigenvalue weighted by Gasteiger charge is 2.39. The predicted molar refractivity (Wildman–Crippen MR) is 126 cm³/mol. The molecule has 1 heterocycles. The van der Waals surface area contributed by atoms with Crippen LogP contribution in [0.2, 0.25) is 0 Å². The van der Waals surface area contributed by atoms with Gasteiger partial charge in [0.15, 0.2) is 0 Å². The fraction of sp³-hybridized carbons (Fsp3) is 0.739. The first kappa shape index (κ1) is 30.0. The van der Waals surface area contributed by atoms with E-state index in [0.717, 1.165) is 0 Å². The van der Waals surface area contributed by atoms with Crippen molar-refractivity contribution in [3.8, 4) is 0 Å². The number of aliphatic hydroxyl groups is 1. The van der Waals surface area contributed by atoms with Crippen LogP contribution >= 0.6 is 0 Å². The highest BCUT2D eigenvalue weighted by Crippen LogP contribution is 2.29. The van der Waals surface area contributed by atoms with Crippen LogP contribution in [0.25, 0.3) is 0 Å². The summed E-state index contributed by atoms with van der Waals surface area (Å²) in [6, 6.07) is 0. The third-order valence-electron chi connectivity index (χ3n) is 5.71. The summed E-state index contributed by atoms with van der Waals surface area (Å²) in [4.78, 5) is 72.3. The molecule has 1 saturated heterocycles. The van der Waals surface area contributed by atoms with Gasteiger partial charge in [-0.2, -0.15) is 0 Å². The number of aliphatic hydroxyl groups excluding tert-OH is 1. The summed E-state index contributed by atoms with van der Waals surface area (Å²) in [6.45, 7) is 6.88. The number of Topliss-reactive ketones (excluding diaryl/α,β-unsaturated/α-hetero) is 1. The molecule has 2 atom stereocenters. The average molecular weight is 498 g/mol. The lowest BCUT2D eigenvalue weighted by molar-refractivity contribution is -0.137. The molecule has 5 amide bonds. The summed E-state index contributed by atoms with van der Waals surface area (Å²) in [5.74, 6) is -2.25. The Balaban J connectivity index is 2.14. The molecular formula is C23H39N5O7. The molecule has 12 heteroatoms. The van der Waals surface area contributed by atoms with Crippen LogP contribution in [0.15, 0.2) is 0 Å². The van der Waals surface area contributed by atoms with Gasteiger partial charge in [-0.1, -0.05) is 27.7 Å². The molecule has 1 rings (SSSR count). The van der Waals surface area contributed by atoms with E-state index in [9.17, 15) is 33.9 Å². The van der Waals surface area contributed by atoms with Gasteiger partial charge in [0, 0.05) is 44.2 Å². The topological polar surface area (TPSA) is 174 Å². The lowest BCUT2D eigenvalue weighted by Crippen LogP contribution is -2.44. The van der Waals surface area contributed by atoms with Gasteiger partial charge in [-0.15, -0.1) is 0 Å². The van der Waals surface area contributed by atoms with E-state index in [-0.39, 0.29) is 75.0 Å². The summed E-state index contributed by atoms with van der Waals surface area (Å²) in [7, 11) is 0. The van der Waals surface area contributed by atoms with Crippen molar-refractivity contribution in [1.29, 1.82) is 0 Å². The van der Waals surface area contributed by atoms with Gasteiger partial charge in [0.2, 0.25) is 29.5 Å². The molecule has 2 unspecified atom stereocenters. The number of hydrogen-bond acceptors (Lipinski definition) is 7. The van der Waals surface area contributed by atoms with E-state index < -0.39 is 29.9 Å². The molecular weight excluding hydrogens is 458 g/mol. The van der Waals surface area contributed by atoms with E-state index in [2.05, 4.69) is 21.3 Å². The first-order chi connectivity index (χ1) is 16.4. The molecule has 0 aromatic heterocycles. The fourth-order valence-corrected chi connectivity index (χ4v) is 3.47. The van der Waals surface area contributed by atoms with Gasteiger partial charge in [0.05, 0.1) is 19.6 Å². The molecule has 0 aliphatic carbocycles. The van der Waals surface area contributed by atoms with E-state index >= 15 is 0 Å². The van der Waals surface area contributed by atoms with Crippen molar-refractivity contribution in [2.45, 2.75) is 59.6 Å². The van der Waals surface area contributed by atoms with Gasteiger partial charge < -0.3 is 31.3 Å². The normalized spacial score (nSPS) is 17.5. The molecule has 12 nitrogen and oxygen atoms in total. The Morgan fingerprint density at radius 1 is 0.857 bits per heavy atom. The van der Waals surface area contributed by atoms with E-state index in [1.165, 1.54) is 4.90 Å². The molecule has 1 fully saturated rings. The molecule has 0 aromatic carbocycles. The minimum atomic E-state index is -0.838. The highest BCUT2D eigenvalue weighted by molar-refractivity contribution is 5.90. The second-order valence-electron chi connectivity index (χ2n) is 9.25. The van der Waals surface area contributed by atoms with Crippen molar-refractivity contribution < 1.29 is 33.9 Å². The van der Waals surface area contributed by atoms with Gasteiger partial charge >= 0.3 is 0 Å². The number of nitrogens with one attached hydrogen (secondary N) is 4. The summed E-state index contributed by atoms with van der Waals surface area (Å²) in [5.41, 5.74) is 0. The van der Waals surface area contributed by atoms with Crippen LogP contribution < -0.4 is 21.3 Å². The van der Waals surface area contributed by atoms with Crippen molar-refractivity contribution in [2.24, 2.45) is 17.8 Å². The van der Waals surface area contributed by atoms with Crippen molar-refractivity contribution in [1.82, 2.24) is 26.2 Å². The molecule has 1 aliphatic rings. The van der Waals surface area contributed by atoms with Gasteiger partial charge in [-0.3, -0.25) is 28.8 Å². The summed E-state index contributed by atoms with van der Waals surface area (Å²) >= 11 is 0. The lowest BCUT2D eigenvalue weighted by Gasteiger charge is -2.20. The van der Waals surface area contributed by atoms with Gasteiger partial charge in [-0.25, -0.2) is 0 Å². The monoisotopic (exact) mass is 497 g/mol. The van der Waals surface area contributed by atoms with Crippen molar-refractivity contribution in [2.75, 3.05) is 32.7 Å². The lowest BCUT2D eigenvalue weighted by atomic mass is 9.94. The molecule has 5 N–H and O–H groups in total. The number of ketones is 1. The Morgan fingerprint density at radius 3 is 1.86 bits per heavy atom. The van der Waals surface area contributed by atoms with Crippen LogP contribution in [0.4, 0.5) is 0 Å². The molecule has 198 valence electrons. The van der Waals surface area contributed by atoms with Gasteiger partial charge in [0.25, 0.3) is 0 Å². The van der Waals surface area contributed by atoms with Crippen molar-refractivity contribution >= 4 is 35.3 Å². The first-order valence-corrected chi connectivity index (χ1v) is 12.0. The van der Waals surface area contributed by atoms with E-state index in [0.29, 0.717) is 12.8 Å². The SMILES string of the molecule is CC(C)C(=O)CCNC(=O)CNC(=O)CNC(=O)CNC(=O)CCCN1C(=O)C(C(C)C)CC1O. The Bertz CT molecular complexity index is 784. The first-order valence-electron chi connectivity index (χ1n) is 12.0. The number of nitrogens with zero attached hydrogens (tertiary/aromatic N) is 1. The summed E-state index contributed by atoms with van der Waals surface area (Å²) < 4.78 is 0. The van der Waals surface area contributed by atoms with Crippen molar-refractivity contribution in [3.63, 3.8) is 0 Å². The fourth-order valence-electron chi connectivity index (χ4n) is 3.47. The number of likely N-dealkylation sites (tertiary alicyclic amines) is 1. The molecule has 0 bridgehead atoms. The average Bonchev–Trinajstić information content (AvgIpc) is 3.08. The van der Waals surface area contributed by atoms with Crippen LogP contribution in [-0.2, 0) is 28.8 Å². The maximum Gasteiger partial charge on any atom is 0.239 e. The number of carbonyl (C=O) groups excluding carboxylic acids is 6. The predicted octanol–water partition coefficient (Wildman–Crippen LogP) is -1.33. The van der Waals surface area contributed by atoms with Crippen LogP contribution in [0.3, 0.4) is 0 Å². The van der Waals surface area contributed by atoms with Crippen LogP contribution in [0.5, 0.6) is 0 Å². The Morgan fingerprint density at radius 2 is 1.37 bits per heavy atom. The number of rotatable bonds is 15. The molecule has 0 spiro atoms. The minimum absolute atomic E-state index is 0.0319. The minimum Gasteiger partial charge on any atom is -0.373 e. The molecule has 1 aliphatic heterocycles. The third kappa shape index (κ3) is 11.3. The quantitative estimate of drug-likeness (QED) is 0.186. The maximum atomic E-state index is 12.3. The van der Waals surface area contributed by atoms with Gasteiger partial charge in [0.1, 0.15) is 12.0 Å². The van der Waals surface area contributed by atoms with Crippen LogP contribution in [-0.4, -0.2) is 84.3 Å². The smallest absolute Gasteiger partial charge is 0.239 e. The van der Waals surface area contributed by atoms with Gasteiger partial charge in [-0.05, 0) is 12.3 Å². The molecule has 35 heavy (non-hydrogen) atoms. The number of carbonyl (C=O) groups is 6. The maximum absolute atomic E-state index is 12.3. The molecule has 0 saturated carbocycles. The zero-order valence-electron chi connectivity index (χ0n) is 21.0. The second kappa shape index (κ2) is 15.1. The zero-order valence-corrected chi connectivity index (χ0v) is 21.0. The summed E-state index contributed by atoms with van der Waals surface area (Å²) in [5, 5.41) is 19.7. The van der Waals surface area contributed by atoms with Crippen LogP contribution in [0.1, 0.15) is 53.4 Å². The standard InChI is InChI=1S/C23H39N5O7/c1-14(2)16-10-22(34)28(23(16)35)9-5-6-18(30)25-12-20(32)27-13-21(33)26-11-19(31)24-8-7-17(29)15(3)4/h14-16,22,34H,5-13H2,1-4H3,(H,24,31)(H,25,30)(H,26,33)(H,27,32). The van der Waals surface area contributed by atoms with E-state index in [1.807, 2.05) is 13.8 Å². The van der Waals surface area contributed by atoms with Crippen LogP contribution in [0, 0.1) is 17.8 Å². The number of amides is 5. The molecule has 0 radical (unpaired) electrons. The van der Waals surface area contributed by atoms with E-state index in [4.69, 9.17) is 0 Å². The number of hydrogen-bond donors (Lipinski definition) is 5. The Hall–Kier alpha value is -3.02. The summed E-state index contributed by atoms with van der Waals surface area (Å²) in [6.07, 6.45) is 0.192.